The van der Waals surface area contributed by atoms with Crippen LogP contribution >= 0.6 is 11.6 Å². The molecule has 0 atom stereocenters. The van der Waals surface area contributed by atoms with Crippen LogP contribution in [0, 0.1) is 0 Å². The molecule has 0 unspecified atom stereocenters. The Bertz CT molecular complexity index is 1190. The fourth-order valence-electron chi connectivity index (χ4n) is 2.81. The molecule has 0 fully saturated rings. The molecule has 3 aromatic carbocycles. The molecule has 1 amide bonds. The number of rotatable bonds is 7. The first-order valence-corrected chi connectivity index (χ1v) is 11.0. The van der Waals surface area contributed by atoms with E-state index in [1.807, 2.05) is 0 Å². The van der Waals surface area contributed by atoms with Crippen molar-refractivity contribution in [2.45, 2.75) is 4.90 Å². The molecule has 0 saturated carbocycles. The van der Waals surface area contributed by atoms with E-state index in [4.69, 9.17) is 21.1 Å². The second kappa shape index (κ2) is 9.68. The van der Waals surface area contributed by atoms with E-state index in [2.05, 4.69) is 0 Å². The summed E-state index contributed by atoms with van der Waals surface area (Å²) in [4.78, 5) is 13.1. The van der Waals surface area contributed by atoms with Crippen molar-refractivity contribution in [2.75, 3.05) is 18.5 Å². The minimum atomic E-state index is -4.19. The first kappa shape index (κ1) is 22.4. The third kappa shape index (κ3) is 5.07. The lowest BCUT2D eigenvalue weighted by atomic mass is 10.2. The summed E-state index contributed by atoms with van der Waals surface area (Å²) in [6, 6.07) is 19.0. The number of ether oxygens (including phenoxy) is 2. The number of carbonyl (C=O) groups is 1. The Kier molecular flexibility index (Phi) is 6.99. The Labute approximate surface area is 186 Å². The number of hydrogen-bond acceptors (Lipinski definition) is 5. The second-order valence-corrected chi connectivity index (χ2v) is 8.54. The zero-order valence-corrected chi connectivity index (χ0v) is 18.4. The maximum Gasteiger partial charge on any atom is 0.271 e. The van der Waals surface area contributed by atoms with E-state index in [0.717, 1.165) is 0 Å². The van der Waals surface area contributed by atoms with E-state index in [1.54, 1.807) is 49.6 Å². The maximum atomic E-state index is 13.3. The summed E-state index contributed by atoms with van der Waals surface area (Å²) in [5.41, 5.74) is 0.804. The molecule has 0 heterocycles. The highest BCUT2D eigenvalue weighted by atomic mass is 35.5. The predicted molar refractivity (Wildman–Crippen MR) is 121 cm³/mol. The summed E-state index contributed by atoms with van der Waals surface area (Å²) in [6.07, 6.45) is 2.72. The van der Waals surface area contributed by atoms with Gasteiger partial charge in [-0.1, -0.05) is 41.9 Å². The molecule has 3 rings (SSSR count). The van der Waals surface area contributed by atoms with Gasteiger partial charge in [-0.2, -0.15) is 4.31 Å². The maximum absolute atomic E-state index is 13.3. The Morgan fingerprint density at radius 3 is 2.19 bits per heavy atom. The topological polar surface area (TPSA) is 72.9 Å². The van der Waals surface area contributed by atoms with Gasteiger partial charge in [0.2, 0.25) is 0 Å². The lowest BCUT2D eigenvalue weighted by Crippen LogP contribution is -2.35. The summed E-state index contributed by atoms with van der Waals surface area (Å²) in [5.74, 6) is 0.286. The normalized spacial score (nSPS) is 11.3. The van der Waals surface area contributed by atoms with Crippen LogP contribution in [0.2, 0.25) is 5.02 Å². The van der Waals surface area contributed by atoms with E-state index in [0.29, 0.717) is 21.4 Å². The molecular weight excluding hydrogens is 438 g/mol. The highest BCUT2D eigenvalue weighted by Crippen LogP contribution is 2.32. The molecule has 160 valence electrons. The van der Waals surface area contributed by atoms with Crippen LogP contribution in [0.4, 0.5) is 5.69 Å². The predicted octanol–water partition coefficient (Wildman–Crippen LogP) is 4.79. The molecule has 0 radical (unpaired) electrons. The molecule has 31 heavy (non-hydrogen) atoms. The van der Waals surface area contributed by atoms with Crippen molar-refractivity contribution in [3.05, 3.63) is 89.5 Å². The minimum Gasteiger partial charge on any atom is -0.497 e. The molecule has 0 spiro atoms. The number of hydrogen-bond donors (Lipinski definition) is 0. The van der Waals surface area contributed by atoms with Crippen molar-refractivity contribution in [3.8, 4) is 11.5 Å². The number of carbonyl (C=O) groups excluding carboxylic acids is 1. The number of methoxy groups -OCH3 is 2. The Morgan fingerprint density at radius 1 is 0.935 bits per heavy atom. The van der Waals surface area contributed by atoms with Gasteiger partial charge in [-0.05, 0) is 54.1 Å². The van der Waals surface area contributed by atoms with E-state index in [1.165, 1.54) is 49.6 Å². The standard InChI is InChI=1S/C23H20ClNO5S/c1-29-19-12-8-17(9-13-19)10-15-23(26)25(18-11-14-22(30-2)21(24)16-18)31(27,28)20-6-4-3-5-7-20/h3-16H,1-2H3/b15-10+. The van der Waals surface area contributed by atoms with Crippen LogP contribution in [0.25, 0.3) is 6.08 Å². The average molecular weight is 458 g/mol. The van der Waals surface area contributed by atoms with Crippen molar-refractivity contribution in [2.24, 2.45) is 0 Å². The molecule has 0 bridgehead atoms. The molecular formula is C23H20ClNO5S. The second-order valence-electron chi connectivity index (χ2n) is 6.35. The van der Waals surface area contributed by atoms with E-state index in [9.17, 15) is 13.2 Å². The minimum absolute atomic E-state index is 0.0202. The average Bonchev–Trinajstić information content (AvgIpc) is 2.79. The molecule has 0 aliphatic rings. The van der Waals surface area contributed by atoms with Crippen molar-refractivity contribution in [3.63, 3.8) is 0 Å². The third-order valence-corrected chi connectivity index (χ3v) is 6.42. The summed E-state index contributed by atoms with van der Waals surface area (Å²) in [6.45, 7) is 0. The zero-order valence-electron chi connectivity index (χ0n) is 16.9. The van der Waals surface area contributed by atoms with Gasteiger partial charge >= 0.3 is 0 Å². The van der Waals surface area contributed by atoms with Crippen molar-refractivity contribution < 1.29 is 22.7 Å². The lowest BCUT2D eigenvalue weighted by molar-refractivity contribution is -0.113. The van der Waals surface area contributed by atoms with Crippen molar-refractivity contribution in [1.82, 2.24) is 0 Å². The fraction of sp³-hybridized carbons (Fsp3) is 0.0870. The van der Waals surface area contributed by atoms with Crippen LogP contribution in [-0.4, -0.2) is 28.5 Å². The van der Waals surface area contributed by atoms with Gasteiger partial charge in [0.15, 0.2) is 0 Å². The molecule has 6 nitrogen and oxygen atoms in total. The lowest BCUT2D eigenvalue weighted by Gasteiger charge is -2.22. The Morgan fingerprint density at radius 2 is 1.61 bits per heavy atom. The number of halogens is 1. The van der Waals surface area contributed by atoms with Gasteiger partial charge in [-0.25, -0.2) is 8.42 Å². The number of anilines is 1. The monoisotopic (exact) mass is 457 g/mol. The van der Waals surface area contributed by atoms with Crippen LogP contribution < -0.4 is 13.8 Å². The van der Waals surface area contributed by atoms with Crippen molar-refractivity contribution in [1.29, 1.82) is 0 Å². The quantitative estimate of drug-likeness (QED) is 0.477. The molecule has 0 saturated heterocycles. The van der Waals surface area contributed by atoms with Gasteiger partial charge in [0.1, 0.15) is 11.5 Å². The van der Waals surface area contributed by atoms with Crippen LogP contribution in [0.5, 0.6) is 11.5 Å². The Balaban J connectivity index is 2.03. The van der Waals surface area contributed by atoms with Gasteiger partial charge in [-0.15, -0.1) is 0 Å². The van der Waals surface area contributed by atoms with Gasteiger partial charge in [-0.3, -0.25) is 4.79 Å². The van der Waals surface area contributed by atoms with Crippen LogP contribution in [0.1, 0.15) is 5.56 Å². The van der Waals surface area contributed by atoms with Gasteiger partial charge in [0.25, 0.3) is 15.9 Å². The van der Waals surface area contributed by atoms with E-state index >= 15 is 0 Å². The Hall–Kier alpha value is -3.29. The first-order chi connectivity index (χ1) is 14.9. The van der Waals surface area contributed by atoms with Gasteiger partial charge < -0.3 is 9.47 Å². The van der Waals surface area contributed by atoms with E-state index in [-0.39, 0.29) is 15.6 Å². The van der Waals surface area contributed by atoms with Gasteiger partial charge in [0.05, 0.1) is 29.8 Å². The summed E-state index contributed by atoms with van der Waals surface area (Å²) in [5, 5.41) is 0.181. The number of benzene rings is 3. The SMILES string of the molecule is COc1ccc(/C=C/C(=O)N(c2ccc(OC)c(Cl)c2)S(=O)(=O)c2ccccc2)cc1. The molecule has 0 N–H and O–H groups in total. The fourth-order valence-corrected chi connectivity index (χ4v) is 4.47. The van der Waals surface area contributed by atoms with Crippen LogP contribution in [0.15, 0.2) is 83.8 Å². The van der Waals surface area contributed by atoms with Crippen LogP contribution in [0.3, 0.4) is 0 Å². The third-order valence-electron chi connectivity index (χ3n) is 4.39. The first-order valence-electron chi connectivity index (χ1n) is 9.17. The summed E-state index contributed by atoms with van der Waals surface area (Å²) >= 11 is 6.19. The number of sulfonamides is 1. The molecule has 8 heteroatoms. The molecule has 0 aliphatic heterocycles. The number of nitrogens with zero attached hydrogens (tertiary/aromatic N) is 1. The van der Waals surface area contributed by atoms with E-state index < -0.39 is 15.9 Å². The van der Waals surface area contributed by atoms with Crippen molar-refractivity contribution >= 4 is 39.3 Å². The summed E-state index contributed by atoms with van der Waals surface area (Å²) < 4.78 is 37.6. The zero-order chi connectivity index (χ0) is 22.4. The number of amides is 1. The smallest absolute Gasteiger partial charge is 0.271 e. The highest BCUT2D eigenvalue weighted by molar-refractivity contribution is 7.93. The van der Waals surface area contributed by atoms with Crippen LogP contribution in [-0.2, 0) is 14.8 Å². The largest absolute Gasteiger partial charge is 0.497 e. The summed E-state index contributed by atoms with van der Waals surface area (Å²) in [7, 11) is -1.19. The molecule has 3 aromatic rings. The van der Waals surface area contributed by atoms with Gasteiger partial charge in [0, 0.05) is 6.08 Å². The molecule has 0 aromatic heterocycles. The molecule has 0 aliphatic carbocycles. The highest BCUT2D eigenvalue weighted by Gasteiger charge is 2.30.